The molecule has 0 bridgehead atoms. The van der Waals surface area contributed by atoms with E-state index < -0.39 is 0 Å². The van der Waals surface area contributed by atoms with E-state index in [-0.39, 0.29) is 0 Å². The summed E-state index contributed by atoms with van der Waals surface area (Å²) in [4.78, 5) is 0. The lowest BCUT2D eigenvalue weighted by Gasteiger charge is -2.50. The van der Waals surface area contributed by atoms with E-state index in [9.17, 15) is 0 Å². The summed E-state index contributed by atoms with van der Waals surface area (Å²) >= 11 is 0. The van der Waals surface area contributed by atoms with E-state index in [0.717, 1.165) is 29.6 Å². The summed E-state index contributed by atoms with van der Waals surface area (Å²) < 4.78 is 0. The van der Waals surface area contributed by atoms with Gasteiger partial charge in [-0.2, -0.15) is 5.26 Å². The summed E-state index contributed by atoms with van der Waals surface area (Å²) in [7, 11) is 0. The van der Waals surface area contributed by atoms with Crippen LogP contribution in [0.5, 0.6) is 0 Å². The van der Waals surface area contributed by atoms with Crippen molar-refractivity contribution >= 4 is 0 Å². The molecular formula is C17H27N. The van der Waals surface area contributed by atoms with Crippen LogP contribution in [0.15, 0.2) is 0 Å². The molecule has 18 heavy (non-hydrogen) atoms. The maximum atomic E-state index is 9.13. The lowest BCUT2D eigenvalue weighted by molar-refractivity contribution is 0.00377. The van der Waals surface area contributed by atoms with Crippen LogP contribution >= 0.6 is 0 Å². The molecule has 0 aromatic rings. The number of nitriles is 1. The lowest BCUT2D eigenvalue weighted by Crippen LogP contribution is -2.41. The second kappa shape index (κ2) is 5.24. The SMILES string of the molecule is CC[C@H]1CCC2C(CCC3C[C@@H](C#N)CCC32)C1. The number of rotatable bonds is 1. The third-order valence-electron chi connectivity index (χ3n) is 6.41. The quantitative estimate of drug-likeness (QED) is 0.652. The smallest absolute Gasteiger partial charge is 0.0655 e. The average Bonchev–Trinajstić information content (AvgIpc) is 2.45. The first kappa shape index (κ1) is 12.5. The van der Waals surface area contributed by atoms with Gasteiger partial charge in [-0.3, -0.25) is 0 Å². The van der Waals surface area contributed by atoms with Crippen LogP contribution in [0, 0.1) is 46.8 Å². The third-order valence-corrected chi connectivity index (χ3v) is 6.41. The monoisotopic (exact) mass is 245 g/mol. The van der Waals surface area contributed by atoms with Gasteiger partial charge in [-0.1, -0.05) is 19.8 Å². The molecule has 3 saturated carbocycles. The van der Waals surface area contributed by atoms with Crippen LogP contribution in [0.4, 0.5) is 0 Å². The van der Waals surface area contributed by atoms with Crippen LogP contribution in [-0.2, 0) is 0 Å². The minimum Gasteiger partial charge on any atom is -0.198 e. The average molecular weight is 245 g/mol. The maximum absolute atomic E-state index is 9.13. The van der Waals surface area contributed by atoms with Gasteiger partial charge >= 0.3 is 0 Å². The van der Waals surface area contributed by atoms with E-state index in [0.29, 0.717) is 5.92 Å². The number of fused-ring (bicyclic) bond motifs is 3. The molecule has 0 amide bonds. The Kier molecular flexibility index (Phi) is 3.64. The van der Waals surface area contributed by atoms with E-state index in [1.54, 1.807) is 0 Å². The third kappa shape index (κ3) is 2.20. The highest BCUT2D eigenvalue weighted by atomic mass is 14.5. The van der Waals surface area contributed by atoms with Gasteiger partial charge < -0.3 is 0 Å². The van der Waals surface area contributed by atoms with E-state index in [4.69, 9.17) is 5.26 Å². The molecule has 0 aliphatic heterocycles. The normalized spacial score (nSPS) is 47.8. The molecular weight excluding hydrogens is 218 g/mol. The van der Waals surface area contributed by atoms with E-state index in [1.165, 1.54) is 57.8 Å². The van der Waals surface area contributed by atoms with Crippen LogP contribution in [0.1, 0.15) is 64.7 Å². The minimum absolute atomic E-state index is 0.384. The van der Waals surface area contributed by atoms with Crippen molar-refractivity contribution in [3.63, 3.8) is 0 Å². The van der Waals surface area contributed by atoms with Gasteiger partial charge in [0.1, 0.15) is 0 Å². The largest absolute Gasteiger partial charge is 0.198 e. The molecule has 6 atom stereocenters. The van der Waals surface area contributed by atoms with Crippen molar-refractivity contribution in [3.05, 3.63) is 0 Å². The number of hydrogen-bond donors (Lipinski definition) is 0. The zero-order valence-electron chi connectivity index (χ0n) is 11.8. The highest BCUT2D eigenvalue weighted by molar-refractivity contribution is 4.97. The Morgan fingerprint density at radius 2 is 1.56 bits per heavy atom. The van der Waals surface area contributed by atoms with Crippen molar-refractivity contribution < 1.29 is 0 Å². The van der Waals surface area contributed by atoms with Crippen LogP contribution in [0.3, 0.4) is 0 Å². The zero-order valence-corrected chi connectivity index (χ0v) is 11.8. The van der Waals surface area contributed by atoms with Crippen molar-refractivity contribution in [2.45, 2.75) is 64.7 Å². The minimum atomic E-state index is 0.384. The van der Waals surface area contributed by atoms with Crippen LogP contribution in [0.2, 0.25) is 0 Å². The summed E-state index contributed by atoms with van der Waals surface area (Å²) in [6, 6.07) is 2.53. The molecule has 3 aliphatic carbocycles. The van der Waals surface area contributed by atoms with Gasteiger partial charge in [0.25, 0.3) is 0 Å². The second-order valence-electron chi connectivity index (χ2n) is 7.15. The Balaban J connectivity index is 1.67. The highest BCUT2D eigenvalue weighted by Gasteiger charge is 2.44. The maximum Gasteiger partial charge on any atom is 0.0655 e. The van der Waals surface area contributed by atoms with Gasteiger partial charge in [0.05, 0.1) is 6.07 Å². The summed E-state index contributed by atoms with van der Waals surface area (Å²) in [5, 5.41) is 9.13. The van der Waals surface area contributed by atoms with Crippen molar-refractivity contribution in [3.8, 4) is 6.07 Å². The van der Waals surface area contributed by atoms with E-state index in [1.807, 2.05) is 0 Å². The summed E-state index contributed by atoms with van der Waals surface area (Å²) in [5.41, 5.74) is 0. The molecule has 100 valence electrons. The second-order valence-corrected chi connectivity index (χ2v) is 7.15. The van der Waals surface area contributed by atoms with Gasteiger partial charge in [-0.15, -0.1) is 0 Å². The number of hydrogen-bond acceptors (Lipinski definition) is 1. The molecule has 1 nitrogen and oxygen atoms in total. The molecule has 0 aromatic carbocycles. The molecule has 0 saturated heterocycles. The lowest BCUT2D eigenvalue weighted by atomic mass is 9.55. The molecule has 3 aliphatic rings. The molecule has 0 radical (unpaired) electrons. The van der Waals surface area contributed by atoms with Crippen molar-refractivity contribution in [2.75, 3.05) is 0 Å². The van der Waals surface area contributed by atoms with Crippen LogP contribution in [0.25, 0.3) is 0 Å². The van der Waals surface area contributed by atoms with E-state index >= 15 is 0 Å². The molecule has 0 spiro atoms. The summed E-state index contributed by atoms with van der Waals surface area (Å²) in [6.45, 7) is 2.37. The first-order valence-corrected chi connectivity index (χ1v) is 8.21. The predicted molar refractivity (Wildman–Crippen MR) is 73.8 cm³/mol. The first-order chi connectivity index (χ1) is 8.81. The first-order valence-electron chi connectivity index (χ1n) is 8.21. The Morgan fingerprint density at radius 3 is 2.22 bits per heavy atom. The van der Waals surface area contributed by atoms with Gasteiger partial charge in [-0.25, -0.2) is 0 Å². The molecule has 1 heteroatoms. The Labute approximate surface area is 112 Å². The van der Waals surface area contributed by atoms with Crippen LogP contribution < -0.4 is 0 Å². The highest BCUT2D eigenvalue weighted by Crippen LogP contribution is 2.53. The topological polar surface area (TPSA) is 23.8 Å². The molecule has 0 N–H and O–H groups in total. The fourth-order valence-corrected chi connectivity index (χ4v) is 5.38. The molecule has 0 aromatic heterocycles. The van der Waals surface area contributed by atoms with Crippen LogP contribution in [-0.4, -0.2) is 0 Å². The molecule has 0 heterocycles. The van der Waals surface area contributed by atoms with Gasteiger partial charge in [0.2, 0.25) is 0 Å². The van der Waals surface area contributed by atoms with E-state index in [2.05, 4.69) is 13.0 Å². The fraction of sp³-hybridized carbons (Fsp3) is 0.941. The Morgan fingerprint density at radius 1 is 0.889 bits per heavy atom. The molecule has 3 fully saturated rings. The van der Waals surface area contributed by atoms with Gasteiger partial charge in [-0.05, 0) is 74.5 Å². The fourth-order valence-electron chi connectivity index (χ4n) is 5.38. The zero-order chi connectivity index (χ0) is 12.5. The van der Waals surface area contributed by atoms with Crippen molar-refractivity contribution in [1.82, 2.24) is 0 Å². The summed E-state index contributed by atoms with van der Waals surface area (Å²) in [6.07, 6.45) is 12.6. The predicted octanol–water partition coefficient (Wildman–Crippen LogP) is 4.78. The molecule has 3 rings (SSSR count). The van der Waals surface area contributed by atoms with Crippen molar-refractivity contribution in [2.24, 2.45) is 35.5 Å². The number of nitrogens with zero attached hydrogens (tertiary/aromatic N) is 1. The Hall–Kier alpha value is -0.510. The Bertz CT molecular complexity index is 329. The summed E-state index contributed by atoms with van der Waals surface area (Å²) in [5.74, 6) is 5.39. The van der Waals surface area contributed by atoms with Crippen molar-refractivity contribution in [1.29, 1.82) is 5.26 Å². The van der Waals surface area contributed by atoms with Gasteiger partial charge in [0, 0.05) is 5.92 Å². The standard InChI is InChI=1S/C17H27N/c1-2-12-3-7-16-14(9-12)5-6-15-10-13(11-18)4-8-17(15)16/h12-17H,2-10H2,1H3/t12-,13-,14?,15?,16?,17?/m0/s1. The van der Waals surface area contributed by atoms with Gasteiger partial charge in [0.15, 0.2) is 0 Å². The molecule has 4 unspecified atom stereocenters.